The number of aliphatic carboxylic acids is 2. The minimum absolute atomic E-state index is 0.127. The lowest BCUT2D eigenvalue weighted by molar-refractivity contribution is -0.185. The van der Waals surface area contributed by atoms with E-state index in [4.69, 9.17) is 0 Å². The molecule has 4 rings (SSSR count). The van der Waals surface area contributed by atoms with Crippen molar-refractivity contribution in [1.82, 2.24) is 0 Å². The van der Waals surface area contributed by atoms with Crippen molar-refractivity contribution in [3.05, 3.63) is 0 Å². The molecule has 4 saturated carbocycles. The smallest absolute Gasteiger partial charge is 0.307 e. The van der Waals surface area contributed by atoms with Crippen molar-refractivity contribution < 1.29 is 19.8 Å². The number of rotatable bonds is 2. The van der Waals surface area contributed by atoms with Crippen LogP contribution in [0, 0.1) is 35.5 Å². The first kappa shape index (κ1) is 10.1. The number of hydrogen-bond donors (Lipinski definition) is 2. The molecule has 0 aromatic heterocycles. The van der Waals surface area contributed by atoms with E-state index < -0.39 is 23.8 Å². The van der Waals surface area contributed by atoms with Gasteiger partial charge in [-0.15, -0.1) is 0 Å². The fraction of sp³-hybridized carbons (Fsp3) is 0.833. The van der Waals surface area contributed by atoms with Gasteiger partial charge in [-0.05, 0) is 49.4 Å². The van der Waals surface area contributed by atoms with Gasteiger partial charge in [0, 0.05) is 0 Å². The van der Waals surface area contributed by atoms with Crippen LogP contribution in [0.25, 0.3) is 0 Å². The van der Waals surface area contributed by atoms with Crippen molar-refractivity contribution in [1.29, 1.82) is 0 Å². The second kappa shape index (κ2) is 3.22. The van der Waals surface area contributed by atoms with Crippen molar-refractivity contribution >= 4 is 11.9 Å². The zero-order valence-corrected chi connectivity index (χ0v) is 9.00. The molecule has 4 heteroatoms. The third-order valence-electron chi connectivity index (χ3n) is 5.20. The minimum Gasteiger partial charge on any atom is -0.481 e. The highest BCUT2D eigenvalue weighted by atomic mass is 16.4. The second-order valence-corrected chi connectivity index (χ2v) is 5.54. The van der Waals surface area contributed by atoms with Crippen LogP contribution in [0.4, 0.5) is 0 Å². The third kappa shape index (κ3) is 1.10. The van der Waals surface area contributed by atoms with Crippen LogP contribution in [0.1, 0.15) is 25.7 Å². The van der Waals surface area contributed by atoms with E-state index in [1.807, 2.05) is 0 Å². The Balaban J connectivity index is 1.97. The molecule has 88 valence electrons. The molecule has 0 amide bonds. The van der Waals surface area contributed by atoms with Gasteiger partial charge in [0.2, 0.25) is 0 Å². The van der Waals surface area contributed by atoms with E-state index >= 15 is 0 Å². The topological polar surface area (TPSA) is 74.6 Å². The summed E-state index contributed by atoms with van der Waals surface area (Å²) in [7, 11) is 0. The third-order valence-corrected chi connectivity index (χ3v) is 5.20. The molecule has 0 heterocycles. The standard InChI is InChI=1S/C12H16O4/c13-11(14)9-7-3-4-8(10(9)12(15)16)6-2-1-5(6)7/h5-10H,1-4H2,(H,13,14)(H,15,16)/t5-,6+,7-,8-,9-,10+/m0/s1. The number of fused-ring (bicyclic) bond motifs is 2. The van der Waals surface area contributed by atoms with Gasteiger partial charge in [-0.2, -0.15) is 0 Å². The van der Waals surface area contributed by atoms with Gasteiger partial charge in [-0.1, -0.05) is 0 Å². The van der Waals surface area contributed by atoms with Crippen molar-refractivity contribution in [2.45, 2.75) is 25.7 Å². The molecule has 2 N–H and O–H groups in total. The molecule has 0 aromatic carbocycles. The summed E-state index contributed by atoms with van der Waals surface area (Å²) < 4.78 is 0. The van der Waals surface area contributed by atoms with Crippen molar-refractivity contribution in [2.75, 3.05) is 0 Å². The minimum atomic E-state index is -0.896. The van der Waals surface area contributed by atoms with Crippen LogP contribution in [0.5, 0.6) is 0 Å². The molecule has 6 atom stereocenters. The summed E-state index contributed by atoms with van der Waals surface area (Å²) >= 11 is 0. The summed E-state index contributed by atoms with van der Waals surface area (Å²) in [5, 5.41) is 18.5. The average Bonchev–Trinajstić information content (AvgIpc) is 2.15. The van der Waals surface area contributed by atoms with Crippen LogP contribution in [0.15, 0.2) is 0 Å². The summed E-state index contributed by atoms with van der Waals surface area (Å²) in [6.07, 6.45) is 4.07. The second-order valence-electron chi connectivity index (χ2n) is 5.54. The number of carboxylic acid groups (broad SMARTS) is 2. The lowest BCUT2D eigenvalue weighted by atomic mass is 9.44. The highest BCUT2D eigenvalue weighted by molar-refractivity contribution is 5.81. The van der Waals surface area contributed by atoms with Gasteiger partial charge in [0.05, 0.1) is 11.8 Å². The molecule has 0 radical (unpaired) electrons. The summed E-state index contributed by atoms with van der Waals surface area (Å²) in [4.78, 5) is 22.5. The molecule has 0 spiro atoms. The fourth-order valence-corrected chi connectivity index (χ4v) is 4.53. The Morgan fingerprint density at radius 1 is 0.688 bits per heavy atom. The van der Waals surface area contributed by atoms with Crippen molar-refractivity contribution in [2.24, 2.45) is 35.5 Å². The summed E-state index contributed by atoms with van der Waals surface area (Å²) in [6, 6.07) is 0. The molecule has 0 aliphatic heterocycles. The zero-order valence-electron chi connectivity index (χ0n) is 9.00. The molecule has 4 aliphatic carbocycles. The van der Waals surface area contributed by atoms with E-state index in [0.29, 0.717) is 11.8 Å². The molecule has 4 fully saturated rings. The van der Waals surface area contributed by atoms with Crippen LogP contribution in [0.3, 0.4) is 0 Å². The van der Waals surface area contributed by atoms with Crippen molar-refractivity contribution in [3.63, 3.8) is 0 Å². The van der Waals surface area contributed by atoms with Crippen LogP contribution >= 0.6 is 0 Å². The van der Waals surface area contributed by atoms with E-state index in [1.165, 1.54) is 0 Å². The lowest BCUT2D eigenvalue weighted by Crippen LogP contribution is -2.58. The molecule has 0 saturated heterocycles. The van der Waals surface area contributed by atoms with Crippen LogP contribution in [-0.4, -0.2) is 22.2 Å². The molecule has 0 unspecified atom stereocenters. The van der Waals surface area contributed by atoms with Gasteiger partial charge in [-0.25, -0.2) is 0 Å². The Labute approximate surface area is 93.6 Å². The monoisotopic (exact) mass is 224 g/mol. The van der Waals surface area contributed by atoms with Gasteiger partial charge in [0.1, 0.15) is 0 Å². The maximum atomic E-state index is 11.3. The summed E-state index contributed by atoms with van der Waals surface area (Å²) in [5.41, 5.74) is 0. The number of carbonyl (C=O) groups is 2. The van der Waals surface area contributed by atoms with E-state index in [-0.39, 0.29) is 11.8 Å². The average molecular weight is 224 g/mol. The molecule has 4 nitrogen and oxygen atoms in total. The SMILES string of the molecule is O=C(O)[C@@H]1[C@H]2CC[C@@H]([C@H]3CC[C@H]32)[C@@H]1C(=O)O. The van der Waals surface area contributed by atoms with Gasteiger partial charge in [0.25, 0.3) is 0 Å². The molecule has 4 aliphatic rings. The first-order valence-electron chi connectivity index (χ1n) is 6.07. The normalized spacial score (nSPS) is 49.2. The Morgan fingerprint density at radius 2 is 1.00 bits per heavy atom. The van der Waals surface area contributed by atoms with Crippen molar-refractivity contribution in [3.8, 4) is 0 Å². The van der Waals surface area contributed by atoms with Crippen LogP contribution in [0.2, 0.25) is 0 Å². The van der Waals surface area contributed by atoms with E-state index in [9.17, 15) is 19.8 Å². The first-order valence-corrected chi connectivity index (χ1v) is 6.07. The van der Waals surface area contributed by atoms with Gasteiger partial charge in [0.15, 0.2) is 0 Å². The molecular weight excluding hydrogens is 208 g/mol. The van der Waals surface area contributed by atoms with Gasteiger partial charge in [-0.3, -0.25) is 9.59 Å². The largest absolute Gasteiger partial charge is 0.481 e. The quantitative estimate of drug-likeness (QED) is 0.744. The van der Waals surface area contributed by atoms with Crippen LogP contribution < -0.4 is 0 Å². The van der Waals surface area contributed by atoms with E-state index in [1.54, 1.807) is 0 Å². The fourth-order valence-electron chi connectivity index (χ4n) is 4.53. The Hall–Kier alpha value is -1.06. The predicted molar refractivity (Wildman–Crippen MR) is 54.7 cm³/mol. The van der Waals surface area contributed by atoms with E-state index in [2.05, 4.69) is 0 Å². The molecule has 16 heavy (non-hydrogen) atoms. The Kier molecular flexibility index (Phi) is 2.03. The highest BCUT2D eigenvalue weighted by Crippen LogP contribution is 2.62. The molecular formula is C12H16O4. The molecule has 0 aromatic rings. The van der Waals surface area contributed by atoms with Crippen LogP contribution in [-0.2, 0) is 9.59 Å². The maximum absolute atomic E-state index is 11.3. The number of carboxylic acids is 2. The lowest BCUT2D eigenvalue weighted by Gasteiger charge is -2.59. The van der Waals surface area contributed by atoms with Gasteiger partial charge >= 0.3 is 11.9 Å². The summed E-state index contributed by atoms with van der Waals surface area (Å²) in [6.45, 7) is 0. The zero-order chi connectivity index (χ0) is 11.4. The van der Waals surface area contributed by atoms with E-state index in [0.717, 1.165) is 25.7 Å². The number of hydrogen-bond acceptors (Lipinski definition) is 2. The first-order chi connectivity index (χ1) is 7.61. The predicted octanol–water partition coefficient (Wildman–Crippen LogP) is 1.45. The molecule has 2 bridgehead atoms. The summed E-state index contributed by atoms with van der Waals surface area (Å²) in [5.74, 6) is -1.77. The Bertz CT molecular complexity index is 317. The Morgan fingerprint density at radius 3 is 1.25 bits per heavy atom. The highest BCUT2D eigenvalue weighted by Gasteiger charge is 2.61. The van der Waals surface area contributed by atoms with Gasteiger partial charge < -0.3 is 10.2 Å². The maximum Gasteiger partial charge on any atom is 0.307 e.